The predicted molar refractivity (Wildman–Crippen MR) is 105 cm³/mol. The minimum Gasteiger partial charge on any atom is -0.493 e. The summed E-state index contributed by atoms with van der Waals surface area (Å²) >= 11 is 0. The van der Waals surface area contributed by atoms with Crippen molar-refractivity contribution in [1.82, 2.24) is 19.5 Å². The second-order valence-electron chi connectivity index (χ2n) is 6.85. The molecule has 7 heteroatoms. The van der Waals surface area contributed by atoms with Gasteiger partial charge in [-0.2, -0.15) is 0 Å². The Hall–Kier alpha value is -3.09. The van der Waals surface area contributed by atoms with E-state index in [-0.39, 0.29) is 5.91 Å². The van der Waals surface area contributed by atoms with E-state index >= 15 is 0 Å². The van der Waals surface area contributed by atoms with Crippen LogP contribution in [0.25, 0.3) is 5.65 Å². The fraction of sp³-hybridized carbons (Fsp3) is 0.381. The van der Waals surface area contributed by atoms with Crippen LogP contribution in [0.2, 0.25) is 0 Å². The summed E-state index contributed by atoms with van der Waals surface area (Å²) in [6.45, 7) is 3.86. The van der Waals surface area contributed by atoms with Crippen LogP contribution in [0.3, 0.4) is 0 Å². The minimum absolute atomic E-state index is 0.0194. The maximum atomic E-state index is 12.9. The minimum atomic E-state index is 0.0194. The fourth-order valence-corrected chi connectivity index (χ4v) is 3.74. The third kappa shape index (κ3) is 3.40. The topological polar surface area (TPSA) is 69.0 Å². The van der Waals surface area contributed by atoms with Crippen LogP contribution in [0.4, 0.5) is 0 Å². The SMILES string of the molecule is CCOc1ccc(C(=O)N2CCC(c3nnc4ccccn34)CC2)cc1OC. The molecule has 0 spiro atoms. The zero-order valence-electron chi connectivity index (χ0n) is 16.2. The van der Waals surface area contributed by atoms with E-state index in [1.807, 2.05) is 40.6 Å². The van der Waals surface area contributed by atoms with Gasteiger partial charge in [-0.25, -0.2) is 0 Å². The second kappa shape index (κ2) is 7.88. The maximum absolute atomic E-state index is 12.9. The van der Waals surface area contributed by atoms with E-state index in [0.717, 1.165) is 24.3 Å². The van der Waals surface area contributed by atoms with Gasteiger partial charge in [-0.3, -0.25) is 9.20 Å². The molecule has 1 fully saturated rings. The Balaban J connectivity index is 1.45. The molecule has 0 bridgehead atoms. The number of rotatable bonds is 5. The number of aromatic nitrogens is 3. The van der Waals surface area contributed by atoms with Crippen LogP contribution in [0.15, 0.2) is 42.6 Å². The Labute approximate surface area is 163 Å². The largest absolute Gasteiger partial charge is 0.493 e. The molecule has 28 heavy (non-hydrogen) atoms. The Morgan fingerprint density at radius 2 is 1.96 bits per heavy atom. The van der Waals surface area contributed by atoms with E-state index in [1.165, 1.54) is 0 Å². The van der Waals surface area contributed by atoms with Crippen LogP contribution in [-0.2, 0) is 0 Å². The maximum Gasteiger partial charge on any atom is 0.253 e. The number of hydrogen-bond acceptors (Lipinski definition) is 5. The van der Waals surface area contributed by atoms with E-state index < -0.39 is 0 Å². The lowest BCUT2D eigenvalue weighted by atomic mass is 9.95. The second-order valence-corrected chi connectivity index (χ2v) is 6.85. The van der Waals surface area contributed by atoms with E-state index in [4.69, 9.17) is 9.47 Å². The molecule has 0 unspecified atom stereocenters. The van der Waals surface area contributed by atoms with Gasteiger partial charge in [-0.1, -0.05) is 6.07 Å². The molecule has 3 heterocycles. The summed E-state index contributed by atoms with van der Waals surface area (Å²) in [5.74, 6) is 2.53. The van der Waals surface area contributed by atoms with Gasteiger partial charge in [0.1, 0.15) is 5.82 Å². The van der Waals surface area contributed by atoms with Crippen molar-refractivity contribution in [2.24, 2.45) is 0 Å². The zero-order chi connectivity index (χ0) is 19.5. The first-order chi connectivity index (χ1) is 13.7. The highest BCUT2D eigenvalue weighted by Gasteiger charge is 2.27. The van der Waals surface area contributed by atoms with Crippen molar-refractivity contribution in [2.45, 2.75) is 25.7 Å². The molecule has 0 aliphatic carbocycles. The molecule has 1 aliphatic heterocycles. The molecule has 0 atom stereocenters. The number of likely N-dealkylation sites (tertiary alicyclic amines) is 1. The Kier molecular flexibility index (Phi) is 5.14. The van der Waals surface area contributed by atoms with Gasteiger partial charge in [0.25, 0.3) is 5.91 Å². The molecule has 4 rings (SSSR count). The molecular formula is C21H24N4O3. The highest BCUT2D eigenvalue weighted by Crippen LogP contribution is 2.31. The van der Waals surface area contributed by atoms with Crippen molar-refractivity contribution in [3.63, 3.8) is 0 Å². The predicted octanol–water partition coefficient (Wildman–Crippen LogP) is 3.16. The summed E-state index contributed by atoms with van der Waals surface area (Å²) in [4.78, 5) is 14.8. The van der Waals surface area contributed by atoms with Gasteiger partial charge < -0.3 is 14.4 Å². The highest BCUT2D eigenvalue weighted by molar-refractivity contribution is 5.95. The van der Waals surface area contributed by atoms with Gasteiger partial charge in [0.05, 0.1) is 13.7 Å². The van der Waals surface area contributed by atoms with E-state index in [9.17, 15) is 4.79 Å². The molecule has 0 N–H and O–H groups in total. The Morgan fingerprint density at radius 3 is 2.71 bits per heavy atom. The summed E-state index contributed by atoms with van der Waals surface area (Å²) in [6.07, 6.45) is 3.74. The Morgan fingerprint density at radius 1 is 1.14 bits per heavy atom. The lowest BCUT2D eigenvalue weighted by Crippen LogP contribution is -2.38. The van der Waals surface area contributed by atoms with Gasteiger partial charge in [0.2, 0.25) is 0 Å². The molecule has 1 saturated heterocycles. The molecule has 0 radical (unpaired) electrons. The standard InChI is InChI=1S/C21H24N4O3/c1-3-28-17-8-7-16(14-18(17)27-2)21(26)24-12-9-15(10-13-24)20-23-22-19-6-4-5-11-25(19)20/h4-8,11,14-15H,3,9-10,12-13H2,1-2H3. The normalized spacial score (nSPS) is 15.0. The average Bonchev–Trinajstić information content (AvgIpc) is 3.18. The summed E-state index contributed by atoms with van der Waals surface area (Å²) < 4.78 is 12.9. The number of fused-ring (bicyclic) bond motifs is 1. The van der Waals surface area contributed by atoms with Crippen molar-refractivity contribution < 1.29 is 14.3 Å². The molecule has 146 valence electrons. The third-order valence-electron chi connectivity index (χ3n) is 5.20. The lowest BCUT2D eigenvalue weighted by Gasteiger charge is -2.31. The van der Waals surface area contributed by atoms with Crippen LogP contribution in [0, 0.1) is 0 Å². The van der Waals surface area contributed by atoms with E-state index in [1.54, 1.807) is 25.3 Å². The molecule has 2 aromatic heterocycles. The molecular weight excluding hydrogens is 356 g/mol. The number of carbonyl (C=O) groups is 1. The zero-order valence-corrected chi connectivity index (χ0v) is 16.2. The smallest absolute Gasteiger partial charge is 0.253 e. The van der Waals surface area contributed by atoms with Crippen molar-refractivity contribution >= 4 is 11.6 Å². The molecule has 1 aliphatic rings. The van der Waals surface area contributed by atoms with Crippen LogP contribution < -0.4 is 9.47 Å². The first kappa shape index (κ1) is 18.3. The number of amides is 1. The van der Waals surface area contributed by atoms with Crippen molar-refractivity contribution in [3.8, 4) is 11.5 Å². The van der Waals surface area contributed by atoms with E-state index in [0.29, 0.717) is 42.7 Å². The first-order valence-corrected chi connectivity index (χ1v) is 9.61. The van der Waals surface area contributed by atoms with Crippen LogP contribution in [-0.4, -0.2) is 52.2 Å². The van der Waals surface area contributed by atoms with Crippen molar-refractivity contribution in [1.29, 1.82) is 0 Å². The fourth-order valence-electron chi connectivity index (χ4n) is 3.74. The number of piperidine rings is 1. The van der Waals surface area contributed by atoms with Crippen LogP contribution >= 0.6 is 0 Å². The van der Waals surface area contributed by atoms with Gasteiger partial charge in [0, 0.05) is 30.8 Å². The van der Waals surface area contributed by atoms with Crippen molar-refractivity contribution in [3.05, 3.63) is 54.0 Å². The number of benzene rings is 1. The number of ether oxygens (including phenoxy) is 2. The molecule has 0 saturated carbocycles. The summed E-state index contributed by atoms with van der Waals surface area (Å²) in [5, 5.41) is 8.62. The van der Waals surface area contributed by atoms with Gasteiger partial charge in [-0.15, -0.1) is 10.2 Å². The van der Waals surface area contributed by atoms with Gasteiger partial charge in [-0.05, 0) is 50.1 Å². The number of carbonyl (C=O) groups excluding carboxylic acids is 1. The average molecular weight is 380 g/mol. The number of hydrogen-bond donors (Lipinski definition) is 0. The monoisotopic (exact) mass is 380 g/mol. The van der Waals surface area contributed by atoms with Crippen LogP contribution in [0.5, 0.6) is 11.5 Å². The van der Waals surface area contributed by atoms with E-state index in [2.05, 4.69) is 10.2 Å². The lowest BCUT2D eigenvalue weighted by molar-refractivity contribution is 0.0710. The third-order valence-corrected chi connectivity index (χ3v) is 5.20. The molecule has 7 nitrogen and oxygen atoms in total. The Bertz CT molecular complexity index is 977. The quantitative estimate of drug-likeness (QED) is 0.680. The molecule has 1 amide bonds. The highest BCUT2D eigenvalue weighted by atomic mass is 16.5. The number of pyridine rings is 1. The number of methoxy groups -OCH3 is 1. The molecule has 3 aromatic rings. The van der Waals surface area contributed by atoms with Crippen molar-refractivity contribution in [2.75, 3.05) is 26.8 Å². The summed E-state index contributed by atoms with van der Waals surface area (Å²) in [5.41, 5.74) is 1.48. The first-order valence-electron chi connectivity index (χ1n) is 9.61. The molecule has 1 aromatic carbocycles. The van der Waals surface area contributed by atoms with Crippen LogP contribution in [0.1, 0.15) is 41.9 Å². The number of nitrogens with zero attached hydrogens (tertiary/aromatic N) is 4. The summed E-state index contributed by atoms with van der Waals surface area (Å²) in [6, 6.07) is 11.2. The van der Waals surface area contributed by atoms with Gasteiger partial charge >= 0.3 is 0 Å². The summed E-state index contributed by atoms with van der Waals surface area (Å²) in [7, 11) is 1.58. The van der Waals surface area contributed by atoms with Gasteiger partial charge in [0.15, 0.2) is 17.1 Å².